The number of ether oxygens (including phenoxy) is 4. The Kier molecular flexibility index (Phi) is 7.90. The Hall–Kier alpha value is -2.28. The van der Waals surface area contributed by atoms with Gasteiger partial charge in [0.1, 0.15) is 0 Å². The fraction of sp³-hybridized carbons (Fsp3) is 0.500. The van der Waals surface area contributed by atoms with Crippen LogP contribution in [-0.4, -0.2) is 64.9 Å². The molecule has 1 aromatic carbocycles. The van der Waals surface area contributed by atoms with Gasteiger partial charge in [-0.25, -0.2) is 0 Å². The molecule has 0 atom stereocenters. The van der Waals surface area contributed by atoms with Gasteiger partial charge in [-0.15, -0.1) is 0 Å². The normalized spacial score (nSPS) is 10.3. The highest BCUT2D eigenvalue weighted by Gasteiger charge is 2.15. The number of benzene rings is 1. The van der Waals surface area contributed by atoms with Crippen molar-refractivity contribution in [3.8, 4) is 11.5 Å². The molecule has 7 nitrogen and oxygen atoms in total. The second-order valence-corrected chi connectivity index (χ2v) is 4.80. The standard InChI is InChI=1S/C16H23NO6/c1-20-13-6-5-12(9-14(13)21-2)7-8-17(10-15(18)22-3)11-16(19)23-4/h5-6,9H,7-8,10-11H2,1-4H3. The van der Waals surface area contributed by atoms with Crippen molar-refractivity contribution in [3.05, 3.63) is 23.8 Å². The lowest BCUT2D eigenvalue weighted by Gasteiger charge is -2.19. The molecule has 0 bridgehead atoms. The number of carbonyl (C=O) groups excluding carboxylic acids is 2. The highest BCUT2D eigenvalue weighted by atomic mass is 16.5. The van der Waals surface area contributed by atoms with Crippen molar-refractivity contribution in [1.29, 1.82) is 0 Å². The van der Waals surface area contributed by atoms with E-state index in [9.17, 15) is 9.59 Å². The largest absolute Gasteiger partial charge is 0.493 e. The summed E-state index contributed by atoms with van der Waals surface area (Å²) >= 11 is 0. The summed E-state index contributed by atoms with van der Waals surface area (Å²) in [5.41, 5.74) is 1.00. The molecule has 0 spiro atoms. The Morgan fingerprint density at radius 3 is 1.96 bits per heavy atom. The molecule has 0 unspecified atom stereocenters. The first kappa shape index (κ1) is 18.8. The second kappa shape index (κ2) is 9.68. The Labute approximate surface area is 136 Å². The Balaban J connectivity index is 2.72. The first-order valence-electron chi connectivity index (χ1n) is 7.11. The predicted octanol–water partition coefficient (Wildman–Crippen LogP) is 0.894. The summed E-state index contributed by atoms with van der Waals surface area (Å²) in [6.07, 6.45) is 0.633. The summed E-state index contributed by atoms with van der Waals surface area (Å²) in [5.74, 6) is 0.483. The van der Waals surface area contributed by atoms with Gasteiger partial charge in [0, 0.05) is 6.54 Å². The topological polar surface area (TPSA) is 74.3 Å². The van der Waals surface area contributed by atoms with Crippen LogP contribution < -0.4 is 9.47 Å². The van der Waals surface area contributed by atoms with Crippen LogP contribution >= 0.6 is 0 Å². The van der Waals surface area contributed by atoms with E-state index in [0.717, 1.165) is 5.56 Å². The average Bonchev–Trinajstić information content (AvgIpc) is 2.58. The third kappa shape index (κ3) is 6.15. The number of hydrogen-bond donors (Lipinski definition) is 0. The maximum atomic E-state index is 11.4. The van der Waals surface area contributed by atoms with E-state index in [1.165, 1.54) is 14.2 Å². The zero-order valence-electron chi connectivity index (χ0n) is 14.0. The van der Waals surface area contributed by atoms with E-state index in [0.29, 0.717) is 24.5 Å². The predicted molar refractivity (Wildman–Crippen MR) is 83.7 cm³/mol. The smallest absolute Gasteiger partial charge is 0.319 e. The number of rotatable bonds is 9. The molecule has 0 aromatic heterocycles. The van der Waals surface area contributed by atoms with Gasteiger partial charge in [-0.1, -0.05) is 6.07 Å². The molecule has 0 N–H and O–H groups in total. The molecule has 0 heterocycles. The summed E-state index contributed by atoms with van der Waals surface area (Å²) in [6, 6.07) is 5.60. The van der Waals surface area contributed by atoms with Crippen molar-refractivity contribution in [2.24, 2.45) is 0 Å². The van der Waals surface area contributed by atoms with Gasteiger partial charge < -0.3 is 18.9 Å². The molecule has 1 rings (SSSR count). The minimum absolute atomic E-state index is 0.0267. The molecule has 0 aliphatic rings. The van der Waals surface area contributed by atoms with Crippen LogP contribution in [0.2, 0.25) is 0 Å². The van der Waals surface area contributed by atoms with Crippen LogP contribution in [-0.2, 0) is 25.5 Å². The first-order valence-corrected chi connectivity index (χ1v) is 7.11. The molecule has 0 saturated carbocycles. The van der Waals surface area contributed by atoms with E-state index in [-0.39, 0.29) is 13.1 Å². The van der Waals surface area contributed by atoms with Crippen LogP contribution in [0.25, 0.3) is 0 Å². The maximum Gasteiger partial charge on any atom is 0.319 e. The van der Waals surface area contributed by atoms with Crippen molar-refractivity contribution in [2.45, 2.75) is 6.42 Å². The lowest BCUT2D eigenvalue weighted by molar-refractivity contribution is -0.145. The number of carbonyl (C=O) groups is 2. The minimum atomic E-state index is -0.402. The molecule has 0 radical (unpaired) electrons. The summed E-state index contributed by atoms with van der Waals surface area (Å²) in [5, 5.41) is 0. The summed E-state index contributed by atoms with van der Waals surface area (Å²) in [7, 11) is 5.77. The second-order valence-electron chi connectivity index (χ2n) is 4.80. The Morgan fingerprint density at radius 1 is 0.913 bits per heavy atom. The quantitative estimate of drug-likeness (QED) is 0.624. The molecular weight excluding hydrogens is 302 g/mol. The monoisotopic (exact) mass is 325 g/mol. The van der Waals surface area contributed by atoms with Gasteiger partial charge in [0.15, 0.2) is 11.5 Å². The minimum Gasteiger partial charge on any atom is -0.493 e. The molecular formula is C16H23NO6. The van der Waals surface area contributed by atoms with Crippen LogP contribution in [0.3, 0.4) is 0 Å². The van der Waals surface area contributed by atoms with E-state index in [1.54, 1.807) is 19.1 Å². The molecule has 0 saturated heterocycles. The van der Waals surface area contributed by atoms with Crippen LogP contribution in [0.4, 0.5) is 0 Å². The molecule has 0 fully saturated rings. The summed E-state index contributed by atoms with van der Waals surface area (Å²) in [4.78, 5) is 24.5. The number of methoxy groups -OCH3 is 4. The van der Waals surface area contributed by atoms with Crippen LogP contribution in [0.15, 0.2) is 18.2 Å². The molecule has 0 amide bonds. The van der Waals surface area contributed by atoms with E-state index in [1.807, 2.05) is 18.2 Å². The van der Waals surface area contributed by atoms with Crippen molar-refractivity contribution >= 4 is 11.9 Å². The van der Waals surface area contributed by atoms with Crippen LogP contribution in [0.1, 0.15) is 5.56 Å². The summed E-state index contributed by atoms with van der Waals surface area (Å²) < 4.78 is 19.7. The lowest BCUT2D eigenvalue weighted by atomic mass is 10.1. The van der Waals surface area contributed by atoms with Crippen molar-refractivity contribution in [2.75, 3.05) is 48.1 Å². The molecule has 0 aliphatic carbocycles. The van der Waals surface area contributed by atoms with E-state index < -0.39 is 11.9 Å². The van der Waals surface area contributed by atoms with E-state index >= 15 is 0 Å². The zero-order valence-corrected chi connectivity index (χ0v) is 14.0. The molecule has 23 heavy (non-hydrogen) atoms. The molecule has 0 aliphatic heterocycles. The van der Waals surface area contributed by atoms with Gasteiger partial charge in [0.05, 0.1) is 41.5 Å². The fourth-order valence-corrected chi connectivity index (χ4v) is 2.03. The van der Waals surface area contributed by atoms with Crippen molar-refractivity contribution < 1.29 is 28.5 Å². The number of esters is 2. The fourth-order valence-electron chi connectivity index (χ4n) is 2.03. The average molecular weight is 325 g/mol. The van der Waals surface area contributed by atoms with Crippen LogP contribution in [0, 0.1) is 0 Å². The van der Waals surface area contributed by atoms with E-state index in [4.69, 9.17) is 9.47 Å². The van der Waals surface area contributed by atoms with E-state index in [2.05, 4.69) is 9.47 Å². The molecule has 128 valence electrons. The summed E-state index contributed by atoms with van der Waals surface area (Å²) in [6.45, 7) is 0.553. The molecule has 1 aromatic rings. The zero-order chi connectivity index (χ0) is 17.2. The maximum absolute atomic E-state index is 11.4. The van der Waals surface area contributed by atoms with Crippen LogP contribution in [0.5, 0.6) is 11.5 Å². The van der Waals surface area contributed by atoms with Gasteiger partial charge in [0.2, 0.25) is 0 Å². The SMILES string of the molecule is COC(=O)CN(CCc1ccc(OC)c(OC)c1)CC(=O)OC. The number of hydrogen-bond acceptors (Lipinski definition) is 7. The Bertz CT molecular complexity index is 513. The third-order valence-electron chi connectivity index (χ3n) is 3.33. The van der Waals surface area contributed by atoms with Gasteiger partial charge >= 0.3 is 11.9 Å². The van der Waals surface area contributed by atoms with Gasteiger partial charge in [-0.3, -0.25) is 14.5 Å². The highest BCUT2D eigenvalue weighted by molar-refractivity contribution is 5.74. The van der Waals surface area contributed by atoms with Gasteiger partial charge in [-0.2, -0.15) is 0 Å². The third-order valence-corrected chi connectivity index (χ3v) is 3.33. The van der Waals surface area contributed by atoms with Gasteiger partial charge in [-0.05, 0) is 24.1 Å². The lowest BCUT2D eigenvalue weighted by Crippen LogP contribution is -2.37. The molecule has 7 heteroatoms. The first-order chi connectivity index (χ1) is 11.0. The van der Waals surface area contributed by atoms with Crippen molar-refractivity contribution in [1.82, 2.24) is 4.90 Å². The Morgan fingerprint density at radius 2 is 1.48 bits per heavy atom. The number of nitrogens with zero attached hydrogens (tertiary/aromatic N) is 1. The highest BCUT2D eigenvalue weighted by Crippen LogP contribution is 2.27. The van der Waals surface area contributed by atoms with Gasteiger partial charge in [0.25, 0.3) is 0 Å². The van der Waals surface area contributed by atoms with Crippen molar-refractivity contribution in [3.63, 3.8) is 0 Å².